The van der Waals surface area contributed by atoms with Crippen LogP contribution in [0.1, 0.15) is 18.9 Å². The van der Waals surface area contributed by atoms with E-state index in [1.807, 2.05) is 18.2 Å². The van der Waals surface area contributed by atoms with E-state index in [0.717, 1.165) is 50.0 Å². The molecule has 0 aromatic heterocycles. The molecule has 1 unspecified atom stereocenters. The van der Waals surface area contributed by atoms with Gasteiger partial charge in [0.25, 0.3) is 0 Å². The van der Waals surface area contributed by atoms with Crippen LogP contribution in [0, 0.1) is 5.92 Å². The molecule has 1 aromatic carbocycles. The zero-order valence-corrected chi connectivity index (χ0v) is 13.8. The molecule has 122 valence electrons. The van der Waals surface area contributed by atoms with Crippen LogP contribution in [-0.2, 0) is 11.3 Å². The fraction of sp³-hybridized carbons (Fsp3) is 0.588. The molecule has 0 saturated carbocycles. The van der Waals surface area contributed by atoms with Gasteiger partial charge < -0.3 is 19.7 Å². The zero-order valence-electron chi connectivity index (χ0n) is 13.8. The summed E-state index contributed by atoms with van der Waals surface area (Å²) in [6, 6.07) is 8.01. The molecule has 0 spiro atoms. The molecule has 0 amide bonds. The van der Waals surface area contributed by atoms with Crippen LogP contribution in [0.15, 0.2) is 29.3 Å². The van der Waals surface area contributed by atoms with Crippen LogP contribution in [0.5, 0.6) is 5.75 Å². The van der Waals surface area contributed by atoms with Gasteiger partial charge in [-0.1, -0.05) is 18.2 Å². The first-order valence-electron chi connectivity index (χ1n) is 7.93. The normalized spacial score (nSPS) is 18.3. The summed E-state index contributed by atoms with van der Waals surface area (Å²) < 4.78 is 10.8. The minimum Gasteiger partial charge on any atom is -0.496 e. The number of nitrogens with zero attached hydrogens (tertiary/aromatic N) is 2. The summed E-state index contributed by atoms with van der Waals surface area (Å²) in [5, 5.41) is 3.36. The second-order valence-electron chi connectivity index (χ2n) is 5.59. The van der Waals surface area contributed by atoms with Crippen LogP contribution in [-0.4, -0.2) is 51.3 Å². The smallest absolute Gasteiger partial charge is 0.193 e. The number of aliphatic imine (C=N–C) groups is 1. The molecule has 1 atom stereocenters. The first kappa shape index (κ1) is 16.6. The van der Waals surface area contributed by atoms with Crippen LogP contribution < -0.4 is 10.1 Å². The number of rotatable bonds is 6. The number of ether oxygens (including phenoxy) is 2. The van der Waals surface area contributed by atoms with Gasteiger partial charge in [-0.3, -0.25) is 0 Å². The van der Waals surface area contributed by atoms with Crippen LogP contribution in [0.25, 0.3) is 0 Å². The van der Waals surface area contributed by atoms with Crippen molar-refractivity contribution < 1.29 is 9.47 Å². The molecule has 0 bridgehead atoms. The molecule has 1 aliphatic rings. The molecule has 2 rings (SSSR count). The van der Waals surface area contributed by atoms with E-state index >= 15 is 0 Å². The quantitative estimate of drug-likeness (QED) is 0.646. The Morgan fingerprint density at radius 1 is 1.45 bits per heavy atom. The second-order valence-corrected chi connectivity index (χ2v) is 5.59. The molecule has 5 heteroatoms. The van der Waals surface area contributed by atoms with Crippen molar-refractivity contribution in [3.8, 4) is 5.75 Å². The zero-order chi connectivity index (χ0) is 15.8. The Kier molecular flexibility index (Phi) is 6.52. The highest BCUT2D eigenvalue weighted by Crippen LogP contribution is 2.18. The lowest BCUT2D eigenvalue weighted by Crippen LogP contribution is -2.41. The number of benzene rings is 1. The summed E-state index contributed by atoms with van der Waals surface area (Å²) >= 11 is 0. The van der Waals surface area contributed by atoms with Crippen molar-refractivity contribution in [2.45, 2.75) is 19.9 Å². The summed E-state index contributed by atoms with van der Waals surface area (Å²) in [5.74, 6) is 2.41. The molecule has 1 aromatic rings. The average molecular weight is 305 g/mol. The van der Waals surface area contributed by atoms with Crippen LogP contribution in [0.3, 0.4) is 0 Å². The SMILES string of the molecule is CCNC(=NCc1ccccc1OC)N(C)CC1CCOC1. The van der Waals surface area contributed by atoms with Crippen molar-refractivity contribution in [3.63, 3.8) is 0 Å². The Balaban J connectivity index is 2.02. The lowest BCUT2D eigenvalue weighted by atomic mass is 10.1. The third-order valence-electron chi connectivity index (χ3n) is 3.84. The molecule has 0 aliphatic carbocycles. The predicted octanol–water partition coefficient (Wildman–Crippen LogP) is 2.13. The number of para-hydroxylation sites is 1. The maximum absolute atomic E-state index is 5.45. The van der Waals surface area contributed by atoms with E-state index < -0.39 is 0 Å². The molecule has 0 radical (unpaired) electrons. The first-order valence-corrected chi connectivity index (χ1v) is 7.93. The van der Waals surface area contributed by atoms with Gasteiger partial charge in [-0.05, 0) is 19.4 Å². The molecule has 22 heavy (non-hydrogen) atoms. The minimum absolute atomic E-state index is 0.597. The molecule has 1 saturated heterocycles. The van der Waals surface area contributed by atoms with Gasteiger partial charge in [0.1, 0.15) is 5.75 Å². The lowest BCUT2D eigenvalue weighted by Gasteiger charge is -2.24. The Labute approximate surface area is 133 Å². The number of hydrogen-bond acceptors (Lipinski definition) is 3. The van der Waals surface area contributed by atoms with Crippen LogP contribution in [0.2, 0.25) is 0 Å². The summed E-state index contributed by atoms with van der Waals surface area (Å²) in [4.78, 5) is 6.94. The molecular formula is C17H27N3O2. The molecule has 1 fully saturated rings. The van der Waals surface area contributed by atoms with Gasteiger partial charge in [0.15, 0.2) is 5.96 Å². The van der Waals surface area contributed by atoms with Crippen LogP contribution >= 0.6 is 0 Å². The van der Waals surface area contributed by atoms with Crippen molar-refractivity contribution in [2.24, 2.45) is 10.9 Å². The number of hydrogen-bond donors (Lipinski definition) is 1. The van der Waals surface area contributed by atoms with E-state index in [1.54, 1.807) is 7.11 Å². The van der Waals surface area contributed by atoms with Gasteiger partial charge in [0, 0.05) is 38.2 Å². The van der Waals surface area contributed by atoms with Gasteiger partial charge in [0.05, 0.1) is 20.3 Å². The Morgan fingerprint density at radius 2 is 2.27 bits per heavy atom. The summed E-state index contributed by atoms with van der Waals surface area (Å²) in [7, 11) is 3.78. The van der Waals surface area contributed by atoms with Crippen molar-refractivity contribution in [1.29, 1.82) is 0 Å². The van der Waals surface area contributed by atoms with E-state index in [2.05, 4.69) is 30.3 Å². The maximum atomic E-state index is 5.45. The van der Waals surface area contributed by atoms with Crippen molar-refractivity contribution in [2.75, 3.05) is 40.5 Å². The Hall–Kier alpha value is -1.75. The first-order chi connectivity index (χ1) is 10.7. The van der Waals surface area contributed by atoms with Gasteiger partial charge >= 0.3 is 0 Å². The fourth-order valence-corrected chi connectivity index (χ4v) is 2.66. The highest BCUT2D eigenvalue weighted by Gasteiger charge is 2.19. The van der Waals surface area contributed by atoms with Crippen molar-refractivity contribution in [3.05, 3.63) is 29.8 Å². The predicted molar refractivity (Wildman–Crippen MR) is 89.4 cm³/mol. The highest BCUT2D eigenvalue weighted by molar-refractivity contribution is 5.79. The average Bonchev–Trinajstić information content (AvgIpc) is 3.04. The third-order valence-corrected chi connectivity index (χ3v) is 3.84. The number of methoxy groups -OCH3 is 1. The Morgan fingerprint density at radius 3 is 2.95 bits per heavy atom. The summed E-state index contributed by atoms with van der Waals surface area (Å²) in [6.45, 7) is 6.26. The van der Waals surface area contributed by atoms with E-state index in [4.69, 9.17) is 14.5 Å². The van der Waals surface area contributed by atoms with E-state index in [0.29, 0.717) is 12.5 Å². The molecule has 1 heterocycles. The van der Waals surface area contributed by atoms with Gasteiger partial charge in [0.2, 0.25) is 0 Å². The molecule has 1 aliphatic heterocycles. The fourth-order valence-electron chi connectivity index (χ4n) is 2.66. The summed E-state index contributed by atoms with van der Waals surface area (Å²) in [6.07, 6.45) is 1.14. The monoisotopic (exact) mass is 305 g/mol. The van der Waals surface area contributed by atoms with Gasteiger partial charge in [-0.15, -0.1) is 0 Å². The van der Waals surface area contributed by atoms with E-state index in [-0.39, 0.29) is 0 Å². The number of guanidine groups is 1. The highest BCUT2D eigenvalue weighted by atomic mass is 16.5. The summed E-state index contributed by atoms with van der Waals surface area (Å²) in [5.41, 5.74) is 1.10. The second kappa shape index (κ2) is 8.63. The lowest BCUT2D eigenvalue weighted by molar-refractivity contribution is 0.181. The van der Waals surface area contributed by atoms with Crippen molar-refractivity contribution in [1.82, 2.24) is 10.2 Å². The van der Waals surface area contributed by atoms with Crippen LogP contribution in [0.4, 0.5) is 0 Å². The van der Waals surface area contributed by atoms with Crippen molar-refractivity contribution >= 4 is 5.96 Å². The van der Waals surface area contributed by atoms with Gasteiger partial charge in [-0.2, -0.15) is 0 Å². The third kappa shape index (κ3) is 4.63. The standard InChI is InChI=1S/C17H27N3O2/c1-4-18-17(20(2)12-14-9-10-22-13-14)19-11-15-7-5-6-8-16(15)21-3/h5-8,14H,4,9-13H2,1-3H3,(H,18,19). The molecule has 5 nitrogen and oxygen atoms in total. The van der Waals surface area contributed by atoms with E-state index in [9.17, 15) is 0 Å². The minimum atomic E-state index is 0.597. The maximum Gasteiger partial charge on any atom is 0.193 e. The van der Waals surface area contributed by atoms with Gasteiger partial charge in [-0.25, -0.2) is 4.99 Å². The van der Waals surface area contributed by atoms with E-state index in [1.165, 1.54) is 0 Å². The molecule has 1 N–H and O–H groups in total. The molecular weight excluding hydrogens is 278 g/mol. The topological polar surface area (TPSA) is 46.1 Å². The largest absolute Gasteiger partial charge is 0.496 e. The number of nitrogens with one attached hydrogen (secondary N) is 1. The Bertz CT molecular complexity index is 485.